The van der Waals surface area contributed by atoms with Crippen molar-refractivity contribution in [1.29, 1.82) is 0 Å². The Labute approximate surface area is 97.3 Å². The highest BCUT2D eigenvalue weighted by Crippen LogP contribution is 2.00. The first-order valence-electron chi connectivity index (χ1n) is 5.16. The van der Waals surface area contributed by atoms with Gasteiger partial charge in [-0.15, -0.1) is 0 Å². The Morgan fingerprint density at radius 2 is 2.35 bits per heavy atom. The third kappa shape index (κ3) is 3.07. The van der Waals surface area contributed by atoms with Crippen molar-refractivity contribution in [1.82, 2.24) is 20.9 Å². The van der Waals surface area contributed by atoms with Crippen LogP contribution in [0.1, 0.15) is 18.5 Å². The zero-order chi connectivity index (χ0) is 12.1. The summed E-state index contributed by atoms with van der Waals surface area (Å²) < 4.78 is 0. The van der Waals surface area contributed by atoms with E-state index in [2.05, 4.69) is 26.0 Å². The fourth-order valence-electron chi connectivity index (χ4n) is 1.34. The lowest BCUT2D eigenvalue weighted by Gasteiger charge is -2.11. The molecule has 0 saturated heterocycles. The summed E-state index contributed by atoms with van der Waals surface area (Å²) in [6.45, 7) is 0.291. The summed E-state index contributed by atoms with van der Waals surface area (Å²) >= 11 is 0. The SMILES string of the molecule is O=C1CCC(C(=O)NCc2cccnn2)=NN1. The first-order valence-corrected chi connectivity index (χ1v) is 5.16. The number of rotatable bonds is 3. The molecule has 0 aromatic carbocycles. The van der Waals surface area contributed by atoms with E-state index in [1.54, 1.807) is 18.3 Å². The number of carbonyl (C=O) groups excluding carboxylic acids is 2. The molecule has 1 aromatic heterocycles. The molecule has 7 nitrogen and oxygen atoms in total. The molecule has 0 aliphatic carbocycles. The van der Waals surface area contributed by atoms with E-state index in [0.717, 1.165) is 0 Å². The van der Waals surface area contributed by atoms with Crippen LogP contribution in [0.3, 0.4) is 0 Å². The van der Waals surface area contributed by atoms with Gasteiger partial charge >= 0.3 is 0 Å². The Kier molecular flexibility index (Phi) is 3.39. The summed E-state index contributed by atoms with van der Waals surface area (Å²) in [7, 11) is 0. The van der Waals surface area contributed by atoms with Crippen LogP contribution in [0.25, 0.3) is 0 Å². The van der Waals surface area contributed by atoms with Gasteiger partial charge in [-0.25, -0.2) is 5.43 Å². The van der Waals surface area contributed by atoms with Crippen LogP contribution in [0.2, 0.25) is 0 Å². The topological polar surface area (TPSA) is 96.3 Å². The van der Waals surface area contributed by atoms with Crippen LogP contribution < -0.4 is 10.7 Å². The van der Waals surface area contributed by atoms with Crippen molar-refractivity contribution >= 4 is 17.5 Å². The summed E-state index contributed by atoms with van der Waals surface area (Å²) in [6, 6.07) is 3.50. The Hall–Kier alpha value is -2.31. The molecule has 0 unspecified atom stereocenters. The predicted octanol–water partition coefficient (Wildman–Crippen LogP) is -0.641. The highest BCUT2D eigenvalue weighted by Gasteiger charge is 2.17. The van der Waals surface area contributed by atoms with E-state index in [4.69, 9.17) is 0 Å². The van der Waals surface area contributed by atoms with Gasteiger partial charge in [0.05, 0.1) is 12.2 Å². The van der Waals surface area contributed by atoms with Gasteiger partial charge in [0.2, 0.25) is 5.91 Å². The first kappa shape index (κ1) is 11.2. The Morgan fingerprint density at radius 3 is 3.00 bits per heavy atom. The summed E-state index contributed by atoms with van der Waals surface area (Å²) in [5.41, 5.74) is 3.27. The number of aromatic nitrogens is 2. The van der Waals surface area contributed by atoms with Crippen molar-refractivity contribution in [3.8, 4) is 0 Å². The lowest BCUT2D eigenvalue weighted by Crippen LogP contribution is -2.36. The molecule has 0 radical (unpaired) electrons. The molecule has 2 N–H and O–H groups in total. The summed E-state index contributed by atoms with van der Waals surface area (Å²) in [4.78, 5) is 22.5. The van der Waals surface area contributed by atoms with Crippen molar-refractivity contribution < 1.29 is 9.59 Å². The number of hydrogen-bond acceptors (Lipinski definition) is 5. The van der Waals surface area contributed by atoms with Crippen molar-refractivity contribution in [2.75, 3.05) is 0 Å². The molecule has 1 aliphatic heterocycles. The fraction of sp³-hybridized carbons (Fsp3) is 0.300. The van der Waals surface area contributed by atoms with Crippen molar-refractivity contribution in [2.24, 2.45) is 5.10 Å². The average molecular weight is 233 g/mol. The van der Waals surface area contributed by atoms with Gasteiger partial charge in [-0.2, -0.15) is 15.3 Å². The molecule has 17 heavy (non-hydrogen) atoms. The lowest BCUT2D eigenvalue weighted by molar-refractivity contribution is -0.121. The van der Waals surface area contributed by atoms with Gasteiger partial charge in [-0.1, -0.05) is 0 Å². The number of nitrogens with one attached hydrogen (secondary N) is 2. The van der Waals surface area contributed by atoms with E-state index in [9.17, 15) is 9.59 Å². The first-order chi connectivity index (χ1) is 8.25. The minimum Gasteiger partial charge on any atom is -0.345 e. The quantitative estimate of drug-likeness (QED) is 0.725. The molecule has 7 heteroatoms. The third-order valence-electron chi connectivity index (χ3n) is 2.22. The maximum Gasteiger partial charge on any atom is 0.267 e. The maximum atomic E-state index is 11.6. The molecule has 0 saturated carbocycles. The van der Waals surface area contributed by atoms with Crippen LogP contribution in [0.5, 0.6) is 0 Å². The normalized spacial score (nSPS) is 14.8. The minimum absolute atomic E-state index is 0.171. The predicted molar refractivity (Wildman–Crippen MR) is 58.7 cm³/mol. The van der Waals surface area contributed by atoms with Gasteiger partial charge in [0.15, 0.2) is 0 Å². The second kappa shape index (κ2) is 5.15. The van der Waals surface area contributed by atoms with Gasteiger partial charge in [-0.3, -0.25) is 9.59 Å². The van der Waals surface area contributed by atoms with Crippen LogP contribution in [-0.4, -0.2) is 27.7 Å². The Balaban J connectivity index is 1.88. The van der Waals surface area contributed by atoms with Crippen LogP contribution in [0.4, 0.5) is 0 Å². The van der Waals surface area contributed by atoms with Gasteiger partial charge in [0, 0.05) is 19.0 Å². The molecule has 2 rings (SSSR count). The largest absolute Gasteiger partial charge is 0.345 e. The van der Waals surface area contributed by atoms with E-state index < -0.39 is 0 Å². The van der Waals surface area contributed by atoms with Crippen LogP contribution in [-0.2, 0) is 16.1 Å². The molecule has 1 aliphatic rings. The van der Waals surface area contributed by atoms with Crippen molar-refractivity contribution in [3.05, 3.63) is 24.0 Å². The third-order valence-corrected chi connectivity index (χ3v) is 2.22. The van der Waals surface area contributed by atoms with E-state index >= 15 is 0 Å². The monoisotopic (exact) mass is 233 g/mol. The molecule has 2 amide bonds. The second-order valence-electron chi connectivity index (χ2n) is 3.49. The van der Waals surface area contributed by atoms with Crippen LogP contribution in [0.15, 0.2) is 23.4 Å². The standard InChI is InChI=1S/C10H11N5O2/c16-9-4-3-8(14-15-9)10(17)11-6-7-2-1-5-12-13-7/h1-2,5H,3-4,6H2,(H,11,17)(H,15,16). The second-order valence-corrected chi connectivity index (χ2v) is 3.49. The highest BCUT2D eigenvalue weighted by molar-refractivity contribution is 6.39. The molecule has 88 valence electrons. The number of hydrogen-bond donors (Lipinski definition) is 2. The zero-order valence-electron chi connectivity index (χ0n) is 9.01. The molecule has 0 atom stereocenters. The molecular weight excluding hydrogens is 222 g/mol. The number of carbonyl (C=O) groups is 2. The van der Waals surface area contributed by atoms with Gasteiger partial charge in [0.1, 0.15) is 5.71 Å². The average Bonchev–Trinajstić information content (AvgIpc) is 2.38. The minimum atomic E-state index is -0.296. The van der Waals surface area contributed by atoms with Gasteiger partial charge in [-0.05, 0) is 12.1 Å². The van der Waals surface area contributed by atoms with Crippen LogP contribution >= 0.6 is 0 Å². The molecule has 1 aromatic rings. The Morgan fingerprint density at radius 1 is 1.47 bits per heavy atom. The summed E-state index contributed by atoms with van der Waals surface area (Å²) in [5, 5.41) is 13.9. The molecule has 0 bridgehead atoms. The molecular formula is C10H11N5O2. The smallest absolute Gasteiger partial charge is 0.267 e. The van der Waals surface area contributed by atoms with Crippen molar-refractivity contribution in [3.63, 3.8) is 0 Å². The highest BCUT2D eigenvalue weighted by atomic mass is 16.2. The van der Waals surface area contributed by atoms with E-state index in [-0.39, 0.29) is 18.2 Å². The number of hydrazone groups is 1. The molecule has 0 spiro atoms. The fourth-order valence-corrected chi connectivity index (χ4v) is 1.34. The van der Waals surface area contributed by atoms with Crippen LogP contribution in [0, 0.1) is 0 Å². The lowest BCUT2D eigenvalue weighted by atomic mass is 10.1. The number of nitrogens with zero attached hydrogens (tertiary/aromatic N) is 3. The summed E-state index contributed by atoms with van der Waals surface area (Å²) in [6.07, 6.45) is 2.21. The van der Waals surface area contributed by atoms with Gasteiger partial charge < -0.3 is 5.32 Å². The maximum absolute atomic E-state index is 11.6. The Bertz CT molecular complexity index is 457. The van der Waals surface area contributed by atoms with Gasteiger partial charge in [0.25, 0.3) is 5.91 Å². The van der Waals surface area contributed by atoms with E-state index in [0.29, 0.717) is 24.4 Å². The van der Waals surface area contributed by atoms with E-state index in [1.165, 1.54) is 0 Å². The van der Waals surface area contributed by atoms with Crippen molar-refractivity contribution in [2.45, 2.75) is 19.4 Å². The molecule has 2 heterocycles. The van der Waals surface area contributed by atoms with E-state index in [1.807, 2.05) is 0 Å². The molecule has 0 fully saturated rings. The zero-order valence-corrected chi connectivity index (χ0v) is 9.01. The summed E-state index contributed by atoms with van der Waals surface area (Å²) in [5.74, 6) is -0.467. The number of amides is 2.